The van der Waals surface area contributed by atoms with Crippen molar-refractivity contribution in [2.24, 2.45) is 0 Å². The van der Waals surface area contributed by atoms with E-state index in [4.69, 9.17) is 4.74 Å². The molecule has 2 unspecified atom stereocenters. The number of likely N-dealkylation sites (N-methyl/N-ethyl adjacent to an activating group) is 2. The van der Waals surface area contributed by atoms with Gasteiger partial charge in [-0.1, -0.05) is 6.92 Å². The van der Waals surface area contributed by atoms with Gasteiger partial charge in [-0.25, -0.2) is 0 Å². The van der Waals surface area contributed by atoms with Crippen molar-refractivity contribution in [3.8, 4) is 5.75 Å². The molecule has 1 aromatic carbocycles. The first kappa shape index (κ1) is 17.7. The van der Waals surface area contributed by atoms with Crippen molar-refractivity contribution in [2.75, 3.05) is 34.3 Å². The van der Waals surface area contributed by atoms with Crippen LogP contribution in [-0.4, -0.2) is 62.0 Å². The predicted octanol–water partition coefficient (Wildman–Crippen LogP) is 2.54. The van der Waals surface area contributed by atoms with Gasteiger partial charge in [0, 0.05) is 18.2 Å². The second-order valence-corrected chi connectivity index (χ2v) is 5.71. The van der Waals surface area contributed by atoms with E-state index in [0.29, 0.717) is 6.04 Å². The molecule has 0 radical (unpaired) electrons. The Balaban J connectivity index is 2.82. The number of carbonyl (C=O) groups excluding carboxylic acids is 1. The van der Waals surface area contributed by atoms with Gasteiger partial charge in [0.25, 0.3) is 0 Å². The highest BCUT2D eigenvalue weighted by atomic mass is 16.5. The number of hydrogen-bond acceptors (Lipinski definition) is 4. The third-order valence-corrected chi connectivity index (χ3v) is 3.81. The summed E-state index contributed by atoms with van der Waals surface area (Å²) < 4.78 is 5.13. The molecule has 0 fully saturated rings. The topological polar surface area (TPSA) is 32.8 Å². The van der Waals surface area contributed by atoms with Gasteiger partial charge in [-0.15, -0.1) is 0 Å². The minimum Gasteiger partial charge on any atom is -0.497 e. The fraction of sp³-hybridized carbons (Fsp3) is 0.588. The summed E-state index contributed by atoms with van der Waals surface area (Å²) in [6.45, 7) is 8.06. The molecule has 0 heterocycles. The van der Waals surface area contributed by atoms with Crippen molar-refractivity contribution < 1.29 is 9.53 Å². The molecule has 1 aromatic rings. The maximum Gasteiger partial charge on any atom is 0.179 e. The standard InChI is InChI=1S/C17H28N2O2/c1-7-19(13(2)12-18(4)5)14(3)17(20)15-8-10-16(21-6)11-9-15/h8-11,13-14H,7,12H2,1-6H3. The molecule has 0 aliphatic heterocycles. The van der Waals surface area contributed by atoms with Gasteiger partial charge in [-0.05, 0) is 58.8 Å². The van der Waals surface area contributed by atoms with Crippen LogP contribution in [0.2, 0.25) is 0 Å². The van der Waals surface area contributed by atoms with Crippen LogP contribution < -0.4 is 4.74 Å². The number of ketones is 1. The zero-order valence-corrected chi connectivity index (χ0v) is 14.1. The van der Waals surface area contributed by atoms with Crippen molar-refractivity contribution in [3.05, 3.63) is 29.8 Å². The van der Waals surface area contributed by atoms with Gasteiger partial charge < -0.3 is 9.64 Å². The lowest BCUT2D eigenvalue weighted by molar-refractivity contribution is 0.0756. The van der Waals surface area contributed by atoms with E-state index in [1.807, 2.05) is 31.2 Å². The Morgan fingerprint density at radius 1 is 1.19 bits per heavy atom. The molecular weight excluding hydrogens is 264 g/mol. The highest BCUT2D eigenvalue weighted by Gasteiger charge is 2.25. The number of hydrogen-bond donors (Lipinski definition) is 0. The van der Waals surface area contributed by atoms with Crippen LogP contribution >= 0.6 is 0 Å². The van der Waals surface area contributed by atoms with Crippen molar-refractivity contribution in [3.63, 3.8) is 0 Å². The predicted molar refractivity (Wildman–Crippen MR) is 87.2 cm³/mol. The van der Waals surface area contributed by atoms with E-state index < -0.39 is 0 Å². The number of rotatable bonds is 8. The number of carbonyl (C=O) groups is 1. The van der Waals surface area contributed by atoms with Gasteiger partial charge in [0.2, 0.25) is 0 Å². The third-order valence-electron chi connectivity index (χ3n) is 3.81. The molecule has 1 rings (SSSR count). The summed E-state index contributed by atoms with van der Waals surface area (Å²) in [5.41, 5.74) is 0.735. The van der Waals surface area contributed by atoms with Gasteiger partial charge in [-0.3, -0.25) is 9.69 Å². The molecule has 0 N–H and O–H groups in total. The van der Waals surface area contributed by atoms with Crippen LogP contribution in [0.5, 0.6) is 5.75 Å². The van der Waals surface area contributed by atoms with E-state index in [-0.39, 0.29) is 11.8 Å². The Morgan fingerprint density at radius 2 is 1.76 bits per heavy atom. The van der Waals surface area contributed by atoms with E-state index in [0.717, 1.165) is 24.4 Å². The average molecular weight is 292 g/mol. The molecule has 0 aromatic heterocycles. The Bertz CT molecular complexity index is 443. The Labute approximate surface area is 128 Å². The molecule has 2 atom stereocenters. The molecule has 0 bridgehead atoms. The minimum absolute atomic E-state index is 0.127. The van der Waals surface area contributed by atoms with Crippen LogP contribution in [0.25, 0.3) is 0 Å². The molecule has 0 saturated heterocycles. The number of benzene rings is 1. The average Bonchev–Trinajstić information content (AvgIpc) is 2.46. The van der Waals surface area contributed by atoms with Crippen molar-refractivity contribution >= 4 is 5.78 Å². The summed E-state index contributed by atoms with van der Waals surface area (Å²) in [5.74, 6) is 0.928. The van der Waals surface area contributed by atoms with Gasteiger partial charge in [0.15, 0.2) is 5.78 Å². The molecular formula is C17H28N2O2. The quantitative estimate of drug-likeness (QED) is 0.689. The van der Waals surface area contributed by atoms with E-state index in [1.165, 1.54) is 0 Å². The lowest BCUT2D eigenvalue weighted by Gasteiger charge is -2.34. The van der Waals surface area contributed by atoms with E-state index in [9.17, 15) is 4.79 Å². The number of Topliss-reactive ketones (excluding diaryl/α,β-unsaturated/α-hetero) is 1. The lowest BCUT2D eigenvalue weighted by Crippen LogP contribution is -2.48. The van der Waals surface area contributed by atoms with Crippen molar-refractivity contribution in [2.45, 2.75) is 32.9 Å². The maximum atomic E-state index is 12.6. The van der Waals surface area contributed by atoms with Crippen LogP contribution in [-0.2, 0) is 0 Å². The Kier molecular flexibility index (Phi) is 6.85. The zero-order valence-electron chi connectivity index (χ0n) is 14.1. The molecule has 0 aliphatic carbocycles. The van der Waals surface area contributed by atoms with Gasteiger partial charge in [0.05, 0.1) is 13.2 Å². The van der Waals surface area contributed by atoms with E-state index in [2.05, 4.69) is 37.7 Å². The Hall–Kier alpha value is -1.39. The van der Waals surface area contributed by atoms with Gasteiger partial charge in [-0.2, -0.15) is 0 Å². The van der Waals surface area contributed by atoms with E-state index >= 15 is 0 Å². The highest BCUT2D eigenvalue weighted by Crippen LogP contribution is 2.16. The third kappa shape index (κ3) is 4.83. The molecule has 4 nitrogen and oxygen atoms in total. The summed E-state index contributed by atoms with van der Waals surface area (Å²) in [6.07, 6.45) is 0. The normalized spacial score (nSPS) is 14.3. The summed E-state index contributed by atoms with van der Waals surface area (Å²) in [6, 6.07) is 7.55. The molecule has 0 aliphatic rings. The first-order chi connectivity index (χ1) is 9.90. The number of ether oxygens (including phenoxy) is 1. The minimum atomic E-state index is -0.127. The van der Waals surface area contributed by atoms with Gasteiger partial charge >= 0.3 is 0 Å². The Morgan fingerprint density at radius 3 is 2.19 bits per heavy atom. The SMILES string of the molecule is CCN(C(C)CN(C)C)C(C)C(=O)c1ccc(OC)cc1. The van der Waals surface area contributed by atoms with E-state index in [1.54, 1.807) is 7.11 Å². The molecule has 21 heavy (non-hydrogen) atoms. The number of methoxy groups -OCH3 is 1. The summed E-state index contributed by atoms with van der Waals surface area (Å²) >= 11 is 0. The second kappa shape index (κ2) is 8.15. The molecule has 0 saturated carbocycles. The molecule has 0 spiro atoms. The first-order valence-corrected chi connectivity index (χ1v) is 7.49. The molecule has 118 valence electrons. The van der Waals surface area contributed by atoms with Crippen molar-refractivity contribution in [1.82, 2.24) is 9.80 Å². The van der Waals surface area contributed by atoms with Crippen molar-refractivity contribution in [1.29, 1.82) is 0 Å². The monoisotopic (exact) mass is 292 g/mol. The second-order valence-electron chi connectivity index (χ2n) is 5.71. The fourth-order valence-electron chi connectivity index (χ4n) is 2.75. The van der Waals surface area contributed by atoms with Crippen LogP contribution in [0.4, 0.5) is 0 Å². The number of nitrogens with zero attached hydrogens (tertiary/aromatic N) is 2. The van der Waals surface area contributed by atoms with Crippen LogP contribution in [0.3, 0.4) is 0 Å². The fourth-order valence-corrected chi connectivity index (χ4v) is 2.75. The largest absolute Gasteiger partial charge is 0.497 e. The summed E-state index contributed by atoms with van der Waals surface area (Å²) in [5, 5.41) is 0. The molecule has 4 heteroatoms. The molecule has 0 amide bonds. The van der Waals surface area contributed by atoms with Crippen LogP contribution in [0, 0.1) is 0 Å². The van der Waals surface area contributed by atoms with Gasteiger partial charge in [0.1, 0.15) is 5.75 Å². The first-order valence-electron chi connectivity index (χ1n) is 7.49. The smallest absolute Gasteiger partial charge is 0.179 e. The van der Waals surface area contributed by atoms with Crippen LogP contribution in [0.1, 0.15) is 31.1 Å². The highest BCUT2D eigenvalue weighted by molar-refractivity contribution is 5.99. The maximum absolute atomic E-state index is 12.6. The lowest BCUT2D eigenvalue weighted by atomic mass is 10.0. The zero-order chi connectivity index (χ0) is 16.0. The van der Waals surface area contributed by atoms with Crippen LogP contribution in [0.15, 0.2) is 24.3 Å². The summed E-state index contributed by atoms with van der Waals surface area (Å²) in [7, 11) is 5.74. The summed E-state index contributed by atoms with van der Waals surface area (Å²) in [4.78, 5) is 17.0.